The fourth-order valence-electron chi connectivity index (χ4n) is 2.42. The maximum Gasteiger partial charge on any atom is 0.292 e. The fourth-order valence-corrected chi connectivity index (χ4v) is 2.42. The lowest BCUT2D eigenvalue weighted by Crippen LogP contribution is -2.09. The Bertz CT molecular complexity index is 691. The van der Waals surface area contributed by atoms with Gasteiger partial charge in [0.1, 0.15) is 5.69 Å². The highest BCUT2D eigenvalue weighted by atomic mass is 16.6. The van der Waals surface area contributed by atoms with E-state index in [0.29, 0.717) is 5.69 Å². The van der Waals surface area contributed by atoms with Gasteiger partial charge in [0.15, 0.2) is 0 Å². The molecule has 1 heterocycles. The van der Waals surface area contributed by atoms with Crippen molar-refractivity contribution >= 4 is 11.4 Å². The molecule has 0 saturated carbocycles. The molecule has 1 aromatic carbocycles. The Labute approximate surface area is 123 Å². The summed E-state index contributed by atoms with van der Waals surface area (Å²) < 4.78 is 1.75. The van der Waals surface area contributed by atoms with Crippen molar-refractivity contribution in [2.45, 2.75) is 33.7 Å². The smallest absolute Gasteiger partial charge is 0.292 e. The second-order valence-electron chi connectivity index (χ2n) is 5.42. The molecule has 2 aromatic rings. The van der Waals surface area contributed by atoms with Gasteiger partial charge in [-0.25, -0.2) is 0 Å². The SMILES string of the molecule is Cc1cc(NC(C)c2cn(C)nc2C)c([N+](=O)[O-])cc1C. The van der Waals surface area contributed by atoms with E-state index < -0.39 is 0 Å². The van der Waals surface area contributed by atoms with Crippen LogP contribution in [0.5, 0.6) is 0 Å². The molecule has 1 atom stereocenters. The van der Waals surface area contributed by atoms with Crippen LogP contribution in [0.25, 0.3) is 0 Å². The van der Waals surface area contributed by atoms with Crippen molar-refractivity contribution in [3.05, 3.63) is 50.8 Å². The van der Waals surface area contributed by atoms with E-state index in [1.807, 2.05) is 47.0 Å². The van der Waals surface area contributed by atoms with Crippen LogP contribution in [-0.4, -0.2) is 14.7 Å². The number of rotatable bonds is 4. The molecular weight excluding hydrogens is 268 g/mol. The second kappa shape index (κ2) is 5.55. The summed E-state index contributed by atoms with van der Waals surface area (Å²) in [5.74, 6) is 0. The molecule has 112 valence electrons. The Balaban J connectivity index is 2.36. The topological polar surface area (TPSA) is 73.0 Å². The number of hydrogen-bond acceptors (Lipinski definition) is 4. The molecule has 1 aromatic heterocycles. The van der Waals surface area contributed by atoms with Gasteiger partial charge in [0.25, 0.3) is 5.69 Å². The number of hydrogen-bond donors (Lipinski definition) is 1. The average molecular weight is 288 g/mol. The third-order valence-corrected chi connectivity index (χ3v) is 3.70. The van der Waals surface area contributed by atoms with E-state index in [9.17, 15) is 10.1 Å². The van der Waals surface area contributed by atoms with Gasteiger partial charge in [-0.2, -0.15) is 5.10 Å². The monoisotopic (exact) mass is 288 g/mol. The van der Waals surface area contributed by atoms with Crippen molar-refractivity contribution in [1.29, 1.82) is 0 Å². The first-order chi connectivity index (χ1) is 9.79. The molecule has 0 radical (unpaired) electrons. The van der Waals surface area contributed by atoms with E-state index in [4.69, 9.17) is 0 Å². The number of aryl methyl sites for hydroxylation is 4. The predicted molar refractivity (Wildman–Crippen MR) is 82.6 cm³/mol. The van der Waals surface area contributed by atoms with Crippen LogP contribution in [0.15, 0.2) is 18.3 Å². The summed E-state index contributed by atoms with van der Waals surface area (Å²) in [7, 11) is 1.86. The van der Waals surface area contributed by atoms with Gasteiger partial charge in [0, 0.05) is 24.9 Å². The van der Waals surface area contributed by atoms with Crippen LogP contribution < -0.4 is 5.32 Å². The minimum absolute atomic E-state index is 0.0560. The number of nitro benzene ring substituents is 1. The first kappa shape index (κ1) is 15.0. The molecule has 0 saturated heterocycles. The zero-order valence-electron chi connectivity index (χ0n) is 13.0. The average Bonchev–Trinajstić information content (AvgIpc) is 2.72. The summed E-state index contributed by atoms with van der Waals surface area (Å²) in [6.45, 7) is 7.73. The van der Waals surface area contributed by atoms with Crippen molar-refractivity contribution in [2.75, 3.05) is 5.32 Å². The Morgan fingerprint density at radius 3 is 2.43 bits per heavy atom. The van der Waals surface area contributed by atoms with Crippen LogP contribution in [0.1, 0.15) is 35.3 Å². The van der Waals surface area contributed by atoms with Crippen molar-refractivity contribution < 1.29 is 4.92 Å². The van der Waals surface area contributed by atoms with Gasteiger partial charge in [0.2, 0.25) is 0 Å². The normalized spacial score (nSPS) is 12.2. The molecule has 0 aliphatic heterocycles. The van der Waals surface area contributed by atoms with Gasteiger partial charge >= 0.3 is 0 Å². The van der Waals surface area contributed by atoms with Gasteiger partial charge < -0.3 is 5.32 Å². The minimum Gasteiger partial charge on any atom is -0.373 e. The number of nitrogens with zero attached hydrogens (tertiary/aromatic N) is 3. The lowest BCUT2D eigenvalue weighted by Gasteiger charge is -2.16. The van der Waals surface area contributed by atoms with Crippen LogP contribution in [-0.2, 0) is 7.05 Å². The maximum atomic E-state index is 11.2. The van der Waals surface area contributed by atoms with Crippen LogP contribution in [0, 0.1) is 30.9 Å². The number of aromatic nitrogens is 2. The molecule has 0 bridgehead atoms. The van der Waals surface area contributed by atoms with Crippen LogP contribution in [0.4, 0.5) is 11.4 Å². The number of anilines is 1. The lowest BCUT2D eigenvalue weighted by molar-refractivity contribution is -0.384. The summed E-state index contributed by atoms with van der Waals surface area (Å²) in [5, 5.41) is 18.8. The quantitative estimate of drug-likeness (QED) is 0.691. The van der Waals surface area contributed by atoms with E-state index in [2.05, 4.69) is 10.4 Å². The molecule has 6 heteroatoms. The van der Waals surface area contributed by atoms with Crippen molar-refractivity contribution in [3.63, 3.8) is 0 Å². The van der Waals surface area contributed by atoms with Gasteiger partial charge in [-0.05, 0) is 44.9 Å². The predicted octanol–water partition coefficient (Wildman–Crippen LogP) is 3.43. The van der Waals surface area contributed by atoms with Crippen LogP contribution in [0.3, 0.4) is 0 Å². The highest BCUT2D eigenvalue weighted by molar-refractivity contribution is 5.65. The zero-order chi connectivity index (χ0) is 15.7. The molecule has 2 rings (SSSR count). The van der Waals surface area contributed by atoms with E-state index >= 15 is 0 Å². The molecular formula is C15H20N4O2. The first-order valence-electron chi connectivity index (χ1n) is 6.82. The Morgan fingerprint density at radius 1 is 1.29 bits per heavy atom. The molecule has 0 aliphatic carbocycles. The van der Waals surface area contributed by atoms with Crippen molar-refractivity contribution in [1.82, 2.24) is 9.78 Å². The molecule has 0 fully saturated rings. The third-order valence-electron chi connectivity index (χ3n) is 3.70. The van der Waals surface area contributed by atoms with Crippen molar-refractivity contribution in [3.8, 4) is 0 Å². The van der Waals surface area contributed by atoms with Gasteiger partial charge in [-0.1, -0.05) is 0 Å². The lowest BCUT2D eigenvalue weighted by atomic mass is 10.1. The van der Waals surface area contributed by atoms with Gasteiger partial charge in [0.05, 0.1) is 16.7 Å². The molecule has 6 nitrogen and oxygen atoms in total. The molecule has 21 heavy (non-hydrogen) atoms. The standard InChI is InChI=1S/C15H20N4O2/c1-9-6-14(15(19(20)21)7-10(9)2)16-11(3)13-8-18(5)17-12(13)4/h6-8,11,16H,1-5H3. The second-order valence-corrected chi connectivity index (χ2v) is 5.42. The van der Waals surface area contributed by atoms with E-state index in [1.165, 1.54) is 0 Å². The van der Waals surface area contributed by atoms with E-state index in [1.54, 1.807) is 10.7 Å². The zero-order valence-corrected chi connectivity index (χ0v) is 13.0. The number of benzene rings is 1. The Morgan fingerprint density at radius 2 is 1.90 bits per heavy atom. The Kier molecular flexibility index (Phi) is 3.97. The van der Waals surface area contributed by atoms with Gasteiger partial charge in [-0.15, -0.1) is 0 Å². The van der Waals surface area contributed by atoms with Gasteiger partial charge in [-0.3, -0.25) is 14.8 Å². The minimum atomic E-state index is -0.350. The van der Waals surface area contributed by atoms with E-state index in [-0.39, 0.29) is 16.7 Å². The van der Waals surface area contributed by atoms with Crippen LogP contribution >= 0.6 is 0 Å². The summed E-state index contributed by atoms with van der Waals surface area (Å²) in [4.78, 5) is 10.9. The van der Waals surface area contributed by atoms with Crippen molar-refractivity contribution in [2.24, 2.45) is 7.05 Å². The number of nitrogens with one attached hydrogen (secondary N) is 1. The van der Waals surface area contributed by atoms with E-state index in [0.717, 1.165) is 22.4 Å². The summed E-state index contributed by atoms with van der Waals surface area (Å²) in [5.41, 5.74) is 4.54. The first-order valence-corrected chi connectivity index (χ1v) is 6.82. The largest absolute Gasteiger partial charge is 0.373 e. The highest BCUT2D eigenvalue weighted by Gasteiger charge is 2.19. The third kappa shape index (κ3) is 3.04. The molecule has 0 amide bonds. The highest BCUT2D eigenvalue weighted by Crippen LogP contribution is 2.31. The summed E-state index contributed by atoms with van der Waals surface area (Å²) in [6.07, 6.45) is 1.93. The summed E-state index contributed by atoms with van der Waals surface area (Å²) in [6, 6.07) is 3.38. The Hall–Kier alpha value is -2.37. The number of nitro groups is 1. The maximum absolute atomic E-state index is 11.2. The molecule has 1 N–H and O–H groups in total. The molecule has 0 spiro atoms. The molecule has 0 aliphatic rings. The summed E-state index contributed by atoms with van der Waals surface area (Å²) >= 11 is 0. The fraction of sp³-hybridized carbons (Fsp3) is 0.400. The molecule has 1 unspecified atom stereocenters. The van der Waals surface area contributed by atoms with Crippen LogP contribution in [0.2, 0.25) is 0 Å².